The summed E-state index contributed by atoms with van der Waals surface area (Å²) in [5.41, 5.74) is 1.13. The van der Waals surface area contributed by atoms with Crippen LogP contribution in [0.1, 0.15) is 6.92 Å². The second kappa shape index (κ2) is 6.00. The Morgan fingerprint density at radius 3 is 2.62 bits per heavy atom. The van der Waals surface area contributed by atoms with Crippen LogP contribution in [0.4, 0.5) is 5.69 Å². The number of benzene rings is 1. The fourth-order valence-electron chi connectivity index (χ4n) is 0.980. The zero-order valence-electron chi connectivity index (χ0n) is 7.72. The molecule has 1 rings (SSSR count). The minimum atomic E-state index is 0.757. The topological polar surface area (TPSA) is 21.3 Å². The highest BCUT2D eigenvalue weighted by Gasteiger charge is 1.90. The molecule has 2 nitrogen and oxygen atoms in total. The van der Waals surface area contributed by atoms with Gasteiger partial charge in [0.15, 0.2) is 0 Å². The van der Waals surface area contributed by atoms with Crippen LogP contribution in [0, 0.1) is 0 Å². The summed E-state index contributed by atoms with van der Waals surface area (Å²) in [6.07, 6.45) is 0. The molecule has 0 radical (unpaired) electrons. The van der Waals surface area contributed by atoms with Crippen LogP contribution in [0.25, 0.3) is 0 Å². The average Bonchev–Trinajstić information content (AvgIpc) is 2.15. The van der Waals surface area contributed by atoms with Crippen LogP contribution in [0.3, 0.4) is 0 Å². The van der Waals surface area contributed by atoms with Crippen molar-refractivity contribution in [3.8, 4) is 0 Å². The number of ether oxygens (including phenoxy) is 1. The van der Waals surface area contributed by atoms with E-state index in [1.807, 2.05) is 31.2 Å². The van der Waals surface area contributed by atoms with Gasteiger partial charge in [0.25, 0.3) is 0 Å². The quantitative estimate of drug-likeness (QED) is 0.804. The maximum Gasteiger partial charge on any atom is 0.0638 e. The van der Waals surface area contributed by atoms with Gasteiger partial charge in [-0.05, 0) is 31.2 Å². The third-order valence-corrected chi connectivity index (χ3v) is 2.15. The van der Waals surface area contributed by atoms with Crippen LogP contribution >= 0.6 is 15.9 Å². The van der Waals surface area contributed by atoms with Crippen molar-refractivity contribution in [3.63, 3.8) is 0 Å². The number of nitrogens with one attached hydrogen (secondary N) is 1. The molecule has 0 aliphatic rings. The lowest BCUT2D eigenvalue weighted by Gasteiger charge is -2.05. The summed E-state index contributed by atoms with van der Waals surface area (Å²) >= 11 is 3.39. The van der Waals surface area contributed by atoms with Crippen LogP contribution < -0.4 is 5.32 Å². The van der Waals surface area contributed by atoms with E-state index >= 15 is 0 Å². The lowest BCUT2D eigenvalue weighted by atomic mass is 10.3. The monoisotopic (exact) mass is 243 g/mol. The van der Waals surface area contributed by atoms with E-state index in [-0.39, 0.29) is 0 Å². The van der Waals surface area contributed by atoms with Crippen LogP contribution in [-0.4, -0.2) is 19.8 Å². The molecule has 0 aliphatic carbocycles. The van der Waals surface area contributed by atoms with Crippen molar-refractivity contribution in [2.45, 2.75) is 6.92 Å². The Balaban J connectivity index is 2.25. The van der Waals surface area contributed by atoms with Crippen LogP contribution in [0.5, 0.6) is 0 Å². The minimum Gasteiger partial charge on any atom is -0.383 e. The van der Waals surface area contributed by atoms with E-state index in [2.05, 4.69) is 21.2 Å². The Morgan fingerprint density at radius 2 is 2.00 bits per heavy atom. The zero-order chi connectivity index (χ0) is 9.52. The molecule has 13 heavy (non-hydrogen) atoms. The Hall–Kier alpha value is -0.540. The molecule has 0 saturated heterocycles. The number of anilines is 1. The summed E-state index contributed by atoms with van der Waals surface area (Å²) in [6, 6.07) is 8.11. The summed E-state index contributed by atoms with van der Waals surface area (Å²) in [4.78, 5) is 0. The predicted octanol–water partition coefficient (Wildman–Crippen LogP) is 2.90. The summed E-state index contributed by atoms with van der Waals surface area (Å²) in [5.74, 6) is 0. The largest absolute Gasteiger partial charge is 0.383 e. The summed E-state index contributed by atoms with van der Waals surface area (Å²) in [7, 11) is 0. The molecule has 0 unspecified atom stereocenters. The standard InChI is InChI=1S/C10H14BrNO/c1-2-13-8-7-12-10-5-3-9(11)4-6-10/h3-6,12H,2,7-8H2,1H3. The lowest BCUT2D eigenvalue weighted by molar-refractivity contribution is 0.158. The fraction of sp³-hybridized carbons (Fsp3) is 0.400. The Labute approximate surface area is 87.4 Å². The third-order valence-electron chi connectivity index (χ3n) is 1.62. The molecular weight excluding hydrogens is 230 g/mol. The molecule has 0 heterocycles. The van der Waals surface area contributed by atoms with Gasteiger partial charge in [-0.25, -0.2) is 0 Å². The van der Waals surface area contributed by atoms with Crippen molar-refractivity contribution < 1.29 is 4.74 Å². The summed E-state index contributed by atoms with van der Waals surface area (Å²) in [5, 5.41) is 3.26. The second-order valence-corrected chi connectivity index (χ2v) is 3.55. The Kier molecular flexibility index (Phi) is 4.86. The van der Waals surface area contributed by atoms with Crippen LogP contribution in [0.2, 0.25) is 0 Å². The number of hydrogen-bond donors (Lipinski definition) is 1. The van der Waals surface area contributed by atoms with Gasteiger partial charge in [-0.1, -0.05) is 15.9 Å². The molecule has 0 amide bonds. The number of halogens is 1. The highest BCUT2D eigenvalue weighted by Crippen LogP contribution is 2.13. The number of rotatable bonds is 5. The van der Waals surface area contributed by atoms with Crippen molar-refractivity contribution in [2.24, 2.45) is 0 Å². The Bertz CT molecular complexity index is 235. The highest BCUT2D eigenvalue weighted by atomic mass is 79.9. The molecule has 0 bridgehead atoms. The third kappa shape index (κ3) is 4.29. The van der Waals surface area contributed by atoms with Crippen molar-refractivity contribution in [2.75, 3.05) is 25.1 Å². The van der Waals surface area contributed by atoms with Crippen molar-refractivity contribution in [3.05, 3.63) is 28.7 Å². The first-order valence-corrected chi connectivity index (χ1v) is 5.19. The molecule has 1 aromatic rings. The normalized spacial score (nSPS) is 10.0. The van der Waals surface area contributed by atoms with Gasteiger partial charge in [-0.15, -0.1) is 0 Å². The lowest BCUT2D eigenvalue weighted by Crippen LogP contribution is -2.08. The molecule has 1 N–H and O–H groups in total. The van der Waals surface area contributed by atoms with E-state index in [0.29, 0.717) is 0 Å². The summed E-state index contributed by atoms with van der Waals surface area (Å²) < 4.78 is 6.31. The van der Waals surface area contributed by atoms with Crippen LogP contribution in [0.15, 0.2) is 28.7 Å². The first-order chi connectivity index (χ1) is 6.33. The maximum absolute atomic E-state index is 5.21. The van der Waals surface area contributed by atoms with Gasteiger partial charge in [-0.2, -0.15) is 0 Å². The number of hydrogen-bond acceptors (Lipinski definition) is 2. The van der Waals surface area contributed by atoms with E-state index in [4.69, 9.17) is 4.74 Å². The van der Waals surface area contributed by atoms with Gasteiger partial charge in [0, 0.05) is 23.3 Å². The van der Waals surface area contributed by atoms with Gasteiger partial charge in [0.05, 0.1) is 6.61 Å². The Morgan fingerprint density at radius 1 is 1.31 bits per heavy atom. The van der Waals surface area contributed by atoms with Crippen molar-refractivity contribution >= 4 is 21.6 Å². The van der Waals surface area contributed by atoms with Gasteiger partial charge in [0.2, 0.25) is 0 Å². The predicted molar refractivity (Wildman–Crippen MR) is 59.1 cm³/mol. The van der Waals surface area contributed by atoms with Crippen LogP contribution in [-0.2, 0) is 4.74 Å². The summed E-state index contributed by atoms with van der Waals surface area (Å²) in [6.45, 7) is 4.39. The van der Waals surface area contributed by atoms with Crippen molar-refractivity contribution in [1.82, 2.24) is 0 Å². The molecule has 3 heteroatoms. The molecule has 0 fully saturated rings. The van der Waals surface area contributed by atoms with E-state index in [0.717, 1.165) is 29.9 Å². The highest BCUT2D eigenvalue weighted by molar-refractivity contribution is 9.10. The first kappa shape index (κ1) is 10.5. The molecule has 0 aliphatic heterocycles. The molecule has 72 valence electrons. The van der Waals surface area contributed by atoms with E-state index in [1.54, 1.807) is 0 Å². The van der Waals surface area contributed by atoms with Crippen molar-refractivity contribution in [1.29, 1.82) is 0 Å². The van der Waals surface area contributed by atoms with Gasteiger partial charge in [-0.3, -0.25) is 0 Å². The van der Waals surface area contributed by atoms with E-state index in [1.165, 1.54) is 0 Å². The average molecular weight is 244 g/mol. The minimum absolute atomic E-state index is 0.757. The van der Waals surface area contributed by atoms with Gasteiger partial charge in [0.1, 0.15) is 0 Å². The van der Waals surface area contributed by atoms with E-state index < -0.39 is 0 Å². The molecular formula is C10H14BrNO. The van der Waals surface area contributed by atoms with E-state index in [9.17, 15) is 0 Å². The van der Waals surface area contributed by atoms with Gasteiger partial charge >= 0.3 is 0 Å². The van der Waals surface area contributed by atoms with Gasteiger partial charge < -0.3 is 10.1 Å². The molecule has 1 aromatic carbocycles. The zero-order valence-corrected chi connectivity index (χ0v) is 9.30. The molecule has 0 atom stereocenters. The maximum atomic E-state index is 5.21. The molecule has 0 saturated carbocycles. The smallest absolute Gasteiger partial charge is 0.0638 e. The SMILES string of the molecule is CCOCCNc1ccc(Br)cc1. The molecule has 0 aromatic heterocycles. The first-order valence-electron chi connectivity index (χ1n) is 4.40. The second-order valence-electron chi connectivity index (χ2n) is 2.63. The fourth-order valence-corrected chi connectivity index (χ4v) is 1.24. The molecule has 0 spiro atoms.